The molecule has 1 N–H and O–H groups in total. The Balaban J connectivity index is 1.35. The van der Waals surface area contributed by atoms with Crippen LogP contribution < -0.4 is 24.3 Å². The van der Waals surface area contributed by atoms with Crippen molar-refractivity contribution in [3.63, 3.8) is 0 Å². The summed E-state index contributed by atoms with van der Waals surface area (Å²) in [6.45, 7) is 10.3. The molecule has 1 saturated carbocycles. The van der Waals surface area contributed by atoms with Crippen LogP contribution in [0.25, 0.3) is 0 Å². The second kappa shape index (κ2) is 18.5. The van der Waals surface area contributed by atoms with Gasteiger partial charge in [0.2, 0.25) is 11.8 Å². The number of nitrogens with zero attached hydrogens (tertiary/aromatic N) is 1. The highest BCUT2D eigenvalue weighted by atomic mass is 28.3. The van der Waals surface area contributed by atoms with E-state index in [1.165, 1.54) is 39.4 Å². The Hall–Kier alpha value is -5.63. The average Bonchev–Trinajstić information content (AvgIpc) is 3.19. The lowest BCUT2D eigenvalue weighted by atomic mass is 9.55. The number of ether oxygens (including phenoxy) is 6. The van der Waals surface area contributed by atoms with Crippen molar-refractivity contribution in [3.8, 4) is 23.0 Å². The SMILES string of the molecule is C=CCOC(=O)c1ccc(COc2ccc3c(c2)[C@@H]2C(=O)CC3[C@@H](C(=O)N(C)CC(=O)NCc3c(OC)cc(OC)cc3OC)[C@H]2C(=O)OCC[Si](C)(C)C)cc1. The number of rotatable bonds is 18. The fourth-order valence-electron chi connectivity index (χ4n) is 7.38. The highest BCUT2D eigenvalue weighted by molar-refractivity contribution is 6.76. The third-order valence-electron chi connectivity index (χ3n) is 10.4. The van der Waals surface area contributed by atoms with Crippen molar-refractivity contribution in [1.82, 2.24) is 10.2 Å². The third kappa shape index (κ3) is 10.0. The van der Waals surface area contributed by atoms with E-state index in [4.69, 9.17) is 28.4 Å². The lowest BCUT2D eigenvalue weighted by Crippen LogP contribution is -2.54. The maximum Gasteiger partial charge on any atom is 0.338 e. The number of amides is 2. The molecule has 1 fully saturated rings. The van der Waals surface area contributed by atoms with Crippen molar-refractivity contribution in [1.29, 1.82) is 0 Å². The van der Waals surface area contributed by atoms with Gasteiger partial charge in [0.15, 0.2) is 0 Å². The summed E-state index contributed by atoms with van der Waals surface area (Å²) in [6.07, 6.45) is 1.57. The molecule has 6 rings (SSSR count). The summed E-state index contributed by atoms with van der Waals surface area (Å²) in [5.41, 5.74) is 3.21. The Bertz CT molecular complexity index is 1970. The molecule has 3 aliphatic rings. The summed E-state index contributed by atoms with van der Waals surface area (Å²) in [4.78, 5) is 69.0. The van der Waals surface area contributed by atoms with E-state index in [0.29, 0.717) is 39.7 Å². The predicted octanol–water partition coefficient (Wildman–Crippen LogP) is 5.68. The maximum absolute atomic E-state index is 14.4. The molecule has 4 atom stereocenters. The van der Waals surface area contributed by atoms with Crippen molar-refractivity contribution in [3.05, 3.63) is 95.1 Å². The van der Waals surface area contributed by atoms with Crippen molar-refractivity contribution in [2.45, 2.75) is 57.1 Å². The Labute approximate surface area is 334 Å². The van der Waals surface area contributed by atoms with E-state index in [2.05, 4.69) is 31.5 Å². The van der Waals surface area contributed by atoms with E-state index in [9.17, 15) is 24.0 Å². The quantitative estimate of drug-likeness (QED) is 0.0961. The van der Waals surface area contributed by atoms with Crippen LogP contribution in [0.3, 0.4) is 0 Å². The summed E-state index contributed by atoms with van der Waals surface area (Å²) in [5.74, 6) is -3.71. The minimum absolute atomic E-state index is 0.0553. The van der Waals surface area contributed by atoms with E-state index in [1.54, 1.807) is 48.5 Å². The van der Waals surface area contributed by atoms with Gasteiger partial charge in [-0.15, -0.1) is 0 Å². The number of ketones is 1. The van der Waals surface area contributed by atoms with Crippen molar-refractivity contribution in [2.24, 2.45) is 11.8 Å². The molecule has 2 bridgehead atoms. The van der Waals surface area contributed by atoms with Crippen LogP contribution >= 0.6 is 0 Å². The van der Waals surface area contributed by atoms with Gasteiger partial charge < -0.3 is 38.6 Å². The van der Waals surface area contributed by atoms with E-state index in [0.717, 1.165) is 17.2 Å². The number of hydrogen-bond donors (Lipinski definition) is 1. The summed E-state index contributed by atoms with van der Waals surface area (Å²) in [5, 5.41) is 2.84. The lowest BCUT2D eigenvalue weighted by Gasteiger charge is -2.47. The first-order valence-electron chi connectivity index (χ1n) is 18.8. The third-order valence-corrected chi connectivity index (χ3v) is 12.1. The average molecular weight is 801 g/mol. The number of likely N-dealkylation sites (N-methyl/N-ethyl adjacent to an activating group) is 1. The summed E-state index contributed by atoms with van der Waals surface area (Å²) in [7, 11) is 4.47. The van der Waals surface area contributed by atoms with Crippen LogP contribution in [0.1, 0.15) is 50.9 Å². The number of hydrogen-bond acceptors (Lipinski definition) is 11. The number of carbonyl (C=O) groups excluding carboxylic acids is 5. The zero-order valence-electron chi connectivity index (χ0n) is 33.7. The van der Waals surface area contributed by atoms with Gasteiger partial charge in [0, 0.05) is 39.6 Å². The molecule has 1 unspecified atom stereocenters. The summed E-state index contributed by atoms with van der Waals surface area (Å²) >= 11 is 0. The molecule has 3 aliphatic carbocycles. The van der Waals surface area contributed by atoms with Crippen molar-refractivity contribution >= 4 is 37.6 Å². The van der Waals surface area contributed by atoms with Gasteiger partial charge >= 0.3 is 11.9 Å². The molecule has 13 nitrogen and oxygen atoms in total. The summed E-state index contributed by atoms with van der Waals surface area (Å²) in [6, 6.07) is 16.3. The van der Waals surface area contributed by atoms with Crippen LogP contribution in [-0.4, -0.2) is 90.6 Å². The van der Waals surface area contributed by atoms with Crippen LogP contribution in [-0.2, 0) is 41.8 Å². The second-order valence-electron chi connectivity index (χ2n) is 15.4. The molecule has 3 aromatic carbocycles. The highest BCUT2D eigenvalue weighted by Gasteiger charge is 2.57. The fourth-order valence-corrected chi connectivity index (χ4v) is 8.09. The first-order chi connectivity index (χ1) is 27.2. The van der Waals surface area contributed by atoms with Gasteiger partial charge in [0.1, 0.15) is 42.0 Å². The molecular weight excluding hydrogens is 749 g/mol. The zero-order valence-corrected chi connectivity index (χ0v) is 34.7. The Kier molecular flexibility index (Phi) is 13.8. The van der Waals surface area contributed by atoms with Crippen LogP contribution in [0.2, 0.25) is 25.7 Å². The highest BCUT2D eigenvalue weighted by Crippen LogP contribution is 2.55. The molecule has 0 aliphatic heterocycles. The van der Waals surface area contributed by atoms with Crippen LogP contribution in [0.4, 0.5) is 0 Å². The van der Waals surface area contributed by atoms with E-state index in [-0.39, 0.29) is 45.1 Å². The van der Waals surface area contributed by atoms with Gasteiger partial charge in [-0.2, -0.15) is 0 Å². The molecule has 14 heteroatoms. The van der Waals surface area contributed by atoms with Crippen LogP contribution in [0.15, 0.2) is 67.3 Å². The molecule has 0 radical (unpaired) electrons. The van der Waals surface area contributed by atoms with Crippen molar-refractivity contribution in [2.75, 3.05) is 48.1 Å². The number of esters is 2. The lowest BCUT2D eigenvalue weighted by molar-refractivity contribution is -0.161. The molecule has 2 amide bonds. The standard InChI is InChI=1S/C43H52N2O11Si/c1-9-16-54-42(49)27-12-10-26(11-13-27)25-56-28-14-15-30-31(19-28)38-34(46)22-32(30)39(40(38)43(50)55-17-18-57(6,7)8)41(48)45(2)24-37(47)44-23-33-35(52-4)20-29(51-3)21-36(33)53-5/h9-15,19-21,32,38-40H,1,16-18,22-25H2,2-8H3,(H,44,47)/t32?,38-,39-,40+/m1/s1. The molecular formula is C43H52N2O11Si. The van der Waals surface area contributed by atoms with Crippen molar-refractivity contribution < 1.29 is 52.4 Å². The van der Waals surface area contributed by atoms with E-state index >= 15 is 0 Å². The van der Waals surface area contributed by atoms with Gasteiger partial charge in [0.25, 0.3) is 0 Å². The number of methoxy groups -OCH3 is 3. The molecule has 304 valence electrons. The minimum Gasteiger partial charge on any atom is -0.496 e. The largest absolute Gasteiger partial charge is 0.496 e. The topological polar surface area (TPSA) is 156 Å². The minimum atomic E-state index is -1.57. The maximum atomic E-state index is 14.4. The van der Waals surface area contributed by atoms with Gasteiger partial charge in [0.05, 0.1) is 69.9 Å². The number of benzene rings is 3. The van der Waals surface area contributed by atoms with Gasteiger partial charge in [-0.1, -0.05) is 50.5 Å². The molecule has 3 aromatic rings. The fraction of sp³-hybridized carbons (Fsp3) is 0.419. The summed E-state index contributed by atoms with van der Waals surface area (Å²) < 4.78 is 33.4. The van der Waals surface area contributed by atoms with Gasteiger partial charge in [-0.25, -0.2) is 4.79 Å². The second-order valence-corrected chi connectivity index (χ2v) is 21.1. The van der Waals surface area contributed by atoms with E-state index in [1.807, 2.05) is 6.07 Å². The molecule has 0 aromatic heterocycles. The Morgan fingerprint density at radius 3 is 2.18 bits per heavy atom. The van der Waals surface area contributed by atoms with Crippen LogP contribution in [0.5, 0.6) is 23.0 Å². The first-order valence-corrected chi connectivity index (χ1v) is 22.5. The molecule has 0 spiro atoms. The Morgan fingerprint density at radius 2 is 1.56 bits per heavy atom. The Morgan fingerprint density at radius 1 is 0.877 bits per heavy atom. The van der Waals surface area contributed by atoms with Crippen LogP contribution in [0, 0.1) is 11.8 Å². The normalized spacial score (nSPS) is 18.1. The predicted molar refractivity (Wildman–Crippen MR) is 214 cm³/mol. The van der Waals surface area contributed by atoms with Gasteiger partial charge in [-0.3, -0.25) is 19.2 Å². The monoisotopic (exact) mass is 800 g/mol. The number of Topliss-reactive ketones (excluding diaryl/α,β-unsaturated/α-hetero) is 1. The number of fused-ring (bicyclic) bond motifs is 2. The number of carbonyl (C=O) groups is 5. The molecule has 57 heavy (non-hydrogen) atoms. The van der Waals surface area contributed by atoms with Gasteiger partial charge in [-0.05, 0) is 47.0 Å². The molecule has 0 saturated heterocycles. The zero-order chi connectivity index (χ0) is 41.4. The first kappa shape index (κ1) is 42.5. The van der Waals surface area contributed by atoms with E-state index < -0.39 is 55.5 Å². The smallest absolute Gasteiger partial charge is 0.338 e. The number of nitrogens with one attached hydrogen (secondary N) is 1. The molecule has 0 heterocycles.